The number of rotatable bonds is 10. The van der Waals surface area contributed by atoms with Crippen molar-refractivity contribution >= 4 is 52.3 Å². The quantitative estimate of drug-likeness (QED) is 0.347. The molecule has 0 aliphatic rings. The number of carbonyl (C=O) groups excluding carboxylic acids is 3. The number of esters is 2. The van der Waals surface area contributed by atoms with E-state index in [0.717, 1.165) is 16.7 Å². The number of fused-ring (bicyclic) bond motifs is 1. The molecule has 0 fully saturated rings. The van der Waals surface area contributed by atoms with E-state index in [1.54, 1.807) is 44.3 Å². The molecule has 3 aromatic rings. The molecule has 0 saturated heterocycles. The van der Waals surface area contributed by atoms with Crippen molar-refractivity contribution < 1.29 is 23.9 Å². The first-order chi connectivity index (χ1) is 17.7. The lowest BCUT2D eigenvalue weighted by Gasteiger charge is -2.17. The van der Waals surface area contributed by atoms with Gasteiger partial charge in [-0.15, -0.1) is 0 Å². The van der Waals surface area contributed by atoms with Crippen LogP contribution in [-0.4, -0.2) is 52.1 Å². The number of allylic oxidation sites excluding steroid dienone is 1. The standard InChI is InChI=1S/C26H30N6O5/c1-4-36-21(33)11-10-20(25(35)37-5-2)30-24(34)17-8-6-16(7-9-17)12-15(3)18-13-19-22(27)31-26(28)32-23(19)29-14-18/h6-9,12-14,20H,4-5,10-11H2,1-3H3,(H,30,34)(H4,27,28,29,31,32)/t20-/m1/s1. The fourth-order valence-electron chi connectivity index (χ4n) is 3.56. The lowest BCUT2D eigenvalue weighted by atomic mass is 10.0. The molecule has 0 aliphatic heterocycles. The van der Waals surface area contributed by atoms with Crippen molar-refractivity contribution in [2.45, 2.75) is 39.7 Å². The summed E-state index contributed by atoms with van der Waals surface area (Å²) in [4.78, 5) is 49.1. The number of nitrogen functional groups attached to an aromatic ring is 2. The van der Waals surface area contributed by atoms with Crippen LogP contribution in [0.15, 0.2) is 36.5 Å². The van der Waals surface area contributed by atoms with Gasteiger partial charge >= 0.3 is 11.9 Å². The van der Waals surface area contributed by atoms with Crippen molar-refractivity contribution in [1.29, 1.82) is 0 Å². The monoisotopic (exact) mass is 506 g/mol. The van der Waals surface area contributed by atoms with E-state index in [9.17, 15) is 14.4 Å². The van der Waals surface area contributed by atoms with Gasteiger partial charge in [-0.25, -0.2) is 9.78 Å². The maximum atomic E-state index is 12.8. The zero-order chi connectivity index (χ0) is 26.9. The first-order valence-corrected chi connectivity index (χ1v) is 11.8. The number of pyridine rings is 1. The molecule has 0 unspecified atom stereocenters. The molecule has 5 N–H and O–H groups in total. The predicted molar refractivity (Wildman–Crippen MR) is 140 cm³/mol. The number of anilines is 2. The second-order valence-electron chi connectivity index (χ2n) is 8.13. The minimum absolute atomic E-state index is 0.0185. The van der Waals surface area contributed by atoms with E-state index < -0.39 is 23.9 Å². The van der Waals surface area contributed by atoms with Gasteiger partial charge in [0.1, 0.15) is 11.9 Å². The van der Waals surface area contributed by atoms with Crippen LogP contribution in [0.1, 0.15) is 55.1 Å². The molecule has 0 aliphatic carbocycles. The highest BCUT2D eigenvalue weighted by atomic mass is 16.5. The summed E-state index contributed by atoms with van der Waals surface area (Å²) in [6.45, 7) is 5.69. The van der Waals surface area contributed by atoms with E-state index in [1.165, 1.54) is 0 Å². The average Bonchev–Trinajstić information content (AvgIpc) is 2.86. The first kappa shape index (κ1) is 27.1. The predicted octanol–water partition coefficient (Wildman–Crippen LogP) is 2.75. The molecule has 0 radical (unpaired) electrons. The summed E-state index contributed by atoms with van der Waals surface area (Å²) in [6, 6.07) is 7.73. The molecule has 1 atom stereocenters. The summed E-state index contributed by atoms with van der Waals surface area (Å²) in [5.74, 6) is -1.19. The van der Waals surface area contributed by atoms with Gasteiger partial charge in [-0.1, -0.05) is 18.2 Å². The minimum atomic E-state index is -0.967. The Morgan fingerprint density at radius 1 is 1.03 bits per heavy atom. The van der Waals surface area contributed by atoms with E-state index in [4.69, 9.17) is 20.9 Å². The molecule has 2 aromatic heterocycles. The third kappa shape index (κ3) is 7.23. The number of aromatic nitrogens is 3. The van der Waals surface area contributed by atoms with Gasteiger partial charge in [0.25, 0.3) is 5.91 Å². The molecular formula is C26H30N6O5. The summed E-state index contributed by atoms with van der Waals surface area (Å²) in [6.07, 6.45) is 3.66. The van der Waals surface area contributed by atoms with E-state index in [-0.39, 0.29) is 37.8 Å². The summed E-state index contributed by atoms with van der Waals surface area (Å²) >= 11 is 0. The molecule has 0 saturated carbocycles. The normalized spacial score (nSPS) is 12.1. The maximum Gasteiger partial charge on any atom is 0.328 e. The highest BCUT2D eigenvalue weighted by molar-refractivity contribution is 5.97. The van der Waals surface area contributed by atoms with Gasteiger partial charge in [0.15, 0.2) is 5.65 Å². The van der Waals surface area contributed by atoms with Crippen molar-refractivity contribution in [3.05, 3.63) is 53.2 Å². The largest absolute Gasteiger partial charge is 0.466 e. The Kier molecular flexibility index (Phi) is 9.09. The van der Waals surface area contributed by atoms with E-state index in [1.807, 2.05) is 19.1 Å². The number of hydrogen-bond donors (Lipinski definition) is 3. The number of nitrogens with zero attached hydrogens (tertiary/aromatic N) is 3. The highest BCUT2D eigenvalue weighted by Gasteiger charge is 2.24. The lowest BCUT2D eigenvalue weighted by molar-refractivity contribution is -0.146. The van der Waals surface area contributed by atoms with Crippen LogP contribution in [0.3, 0.4) is 0 Å². The SMILES string of the molecule is CCOC(=O)CC[C@@H](NC(=O)c1ccc(C=C(C)c2cnc3nc(N)nc(N)c3c2)cc1)C(=O)OCC. The van der Waals surface area contributed by atoms with Crippen LogP contribution in [0.4, 0.5) is 11.8 Å². The van der Waals surface area contributed by atoms with Crippen LogP contribution in [0.5, 0.6) is 0 Å². The zero-order valence-corrected chi connectivity index (χ0v) is 21.0. The fraction of sp³-hybridized carbons (Fsp3) is 0.308. The number of amides is 1. The van der Waals surface area contributed by atoms with Gasteiger partial charge in [-0.3, -0.25) is 9.59 Å². The number of hydrogen-bond acceptors (Lipinski definition) is 10. The Morgan fingerprint density at radius 2 is 1.73 bits per heavy atom. The van der Waals surface area contributed by atoms with E-state index in [2.05, 4.69) is 20.3 Å². The van der Waals surface area contributed by atoms with Crippen LogP contribution < -0.4 is 16.8 Å². The van der Waals surface area contributed by atoms with Gasteiger partial charge in [-0.2, -0.15) is 9.97 Å². The third-order valence-electron chi connectivity index (χ3n) is 5.43. The molecule has 37 heavy (non-hydrogen) atoms. The number of nitrogens with one attached hydrogen (secondary N) is 1. The molecule has 2 heterocycles. The topological polar surface area (TPSA) is 172 Å². The molecule has 0 bridgehead atoms. The number of nitrogens with two attached hydrogens (primary N) is 2. The summed E-state index contributed by atoms with van der Waals surface area (Å²) < 4.78 is 9.94. The molecule has 1 aromatic carbocycles. The maximum absolute atomic E-state index is 12.8. The Balaban J connectivity index is 1.72. The molecule has 194 valence electrons. The Bertz CT molecular complexity index is 1320. The second-order valence-corrected chi connectivity index (χ2v) is 8.13. The zero-order valence-electron chi connectivity index (χ0n) is 21.0. The van der Waals surface area contributed by atoms with Crippen molar-refractivity contribution in [3.8, 4) is 0 Å². The van der Waals surface area contributed by atoms with Gasteiger partial charge < -0.3 is 26.3 Å². The van der Waals surface area contributed by atoms with Gasteiger partial charge in [0.2, 0.25) is 5.95 Å². The average molecular weight is 507 g/mol. The van der Waals surface area contributed by atoms with Crippen molar-refractivity contribution in [2.24, 2.45) is 0 Å². The molecule has 11 nitrogen and oxygen atoms in total. The third-order valence-corrected chi connectivity index (χ3v) is 5.43. The van der Waals surface area contributed by atoms with Crippen LogP contribution in [0.25, 0.3) is 22.7 Å². The summed E-state index contributed by atoms with van der Waals surface area (Å²) in [7, 11) is 0. The van der Waals surface area contributed by atoms with Gasteiger partial charge in [0, 0.05) is 18.2 Å². The Hall–Kier alpha value is -4.54. The van der Waals surface area contributed by atoms with Crippen molar-refractivity contribution in [2.75, 3.05) is 24.7 Å². The summed E-state index contributed by atoms with van der Waals surface area (Å²) in [5.41, 5.74) is 14.9. The van der Waals surface area contributed by atoms with Crippen LogP contribution in [0.2, 0.25) is 0 Å². The van der Waals surface area contributed by atoms with Crippen molar-refractivity contribution in [1.82, 2.24) is 20.3 Å². The number of ether oxygens (including phenoxy) is 2. The Morgan fingerprint density at radius 3 is 2.41 bits per heavy atom. The summed E-state index contributed by atoms with van der Waals surface area (Å²) in [5, 5.41) is 3.25. The number of benzene rings is 1. The van der Waals surface area contributed by atoms with Gasteiger partial charge in [0.05, 0.1) is 18.6 Å². The molecule has 1 amide bonds. The van der Waals surface area contributed by atoms with Crippen molar-refractivity contribution in [3.63, 3.8) is 0 Å². The van der Waals surface area contributed by atoms with Crippen LogP contribution in [0, 0.1) is 0 Å². The minimum Gasteiger partial charge on any atom is -0.466 e. The van der Waals surface area contributed by atoms with Crippen LogP contribution in [-0.2, 0) is 19.1 Å². The molecular weight excluding hydrogens is 476 g/mol. The molecule has 0 spiro atoms. The Labute approximate surface area is 214 Å². The molecule has 3 rings (SSSR count). The lowest BCUT2D eigenvalue weighted by Crippen LogP contribution is -2.42. The fourth-order valence-corrected chi connectivity index (χ4v) is 3.56. The van der Waals surface area contributed by atoms with E-state index >= 15 is 0 Å². The van der Waals surface area contributed by atoms with Crippen LogP contribution >= 0.6 is 0 Å². The second kappa shape index (κ2) is 12.4. The van der Waals surface area contributed by atoms with E-state index in [0.29, 0.717) is 16.6 Å². The highest BCUT2D eigenvalue weighted by Crippen LogP contribution is 2.23. The molecule has 11 heteroatoms. The first-order valence-electron chi connectivity index (χ1n) is 11.8. The van der Waals surface area contributed by atoms with Gasteiger partial charge in [-0.05, 0) is 62.1 Å². The smallest absolute Gasteiger partial charge is 0.328 e. The number of carbonyl (C=O) groups is 3.